The minimum absolute atomic E-state index is 0.103. The summed E-state index contributed by atoms with van der Waals surface area (Å²) in [6, 6.07) is 5.09. The molecule has 6 N–H and O–H groups in total. The molecule has 0 saturated carbocycles. The third-order valence-electron chi connectivity index (χ3n) is 5.19. The Morgan fingerprint density at radius 2 is 1.60 bits per heavy atom. The molecule has 0 aliphatic carbocycles. The number of carboxylic acid groups (broad SMARTS) is 1. The van der Waals surface area contributed by atoms with Crippen LogP contribution >= 0.6 is 30.8 Å². The van der Waals surface area contributed by atoms with Crippen LogP contribution in [0.15, 0.2) is 36.4 Å². The van der Waals surface area contributed by atoms with Gasteiger partial charge in [-0.15, -0.1) is 0 Å². The van der Waals surface area contributed by atoms with Gasteiger partial charge in [-0.2, -0.15) is 28.1 Å². The average molecular weight is 914 g/mol. The maximum atomic E-state index is 12.7. The number of carbonyl (C=O) groups is 2. The lowest BCUT2D eigenvalue weighted by atomic mass is 10.1. The van der Waals surface area contributed by atoms with Gasteiger partial charge in [0.15, 0.2) is 0 Å². The first-order chi connectivity index (χ1) is 25.8. The molecule has 0 spiro atoms. The first kappa shape index (κ1) is 53.0. The smallest absolute Gasteiger partial charge is 0.416 e. The third kappa shape index (κ3) is 25.1. The fraction of sp³-hybridized carbons (Fsp3) is 0.433. The quantitative estimate of drug-likeness (QED) is 0.0628. The van der Waals surface area contributed by atoms with Crippen molar-refractivity contribution < 1.29 is 60.3 Å². The second-order valence-electron chi connectivity index (χ2n) is 12.4. The lowest BCUT2D eigenvalue weighted by molar-refractivity contribution is -0.385. The molecule has 320 valence electrons. The highest BCUT2D eigenvalue weighted by Crippen LogP contribution is 2.37. The fourth-order valence-corrected chi connectivity index (χ4v) is 4.53. The van der Waals surface area contributed by atoms with Crippen LogP contribution in [0.4, 0.5) is 30.8 Å². The molecule has 1 amide bonds. The van der Waals surface area contributed by atoms with E-state index >= 15 is 0 Å². The van der Waals surface area contributed by atoms with Gasteiger partial charge in [0.05, 0.1) is 53.4 Å². The minimum Gasteiger partial charge on any atom is -0.778 e. The number of aliphatic carboxylic acids is 1. The van der Waals surface area contributed by atoms with E-state index in [0.717, 1.165) is 30.8 Å². The number of rotatable bonds is 12. The highest BCUT2D eigenvalue weighted by molar-refractivity contribution is 7.94. The lowest BCUT2D eigenvalue weighted by Gasteiger charge is -2.20. The number of nitrogens with one attached hydrogen (secondary N) is 4. The van der Waals surface area contributed by atoms with Crippen LogP contribution in [-0.4, -0.2) is 100 Å². The van der Waals surface area contributed by atoms with E-state index in [-0.39, 0.29) is 22.3 Å². The highest BCUT2D eigenvalue weighted by atomic mass is 35.5. The Balaban J connectivity index is 0.000000899. The van der Waals surface area contributed by atoms with Crippen molar-refractivity contribution in [2.24, 2.45) is 0 Å². The van der Waals surface area contributed by atoms with Crippen molar-refractivity contribution in [3.05, 3.63) is 67.9 Å². The fourth-order valence-electron chi connectivity index (χ4n) is 3.31. The summed E-state index contributed by atoms with van der Waals surface area (Å²) in [4.78, 5) is 62.0. The number of aromatic nitrogens is 3. The zero-order valence-corrected chi connectivity index (χ0v) is 35.6. The Hall–Kier alpha value is -4.03. The van der Waals surface area contributed by atoms with E-state index in [1.165, 1.54) is 0 Å². The summed E-state index contributed by atoms with van der Waals surface area (Å²) in [5.41, 5.74) is -2.45. The molecule has 0 saturated heterocycles. The van der Waals surface area contributed by atoms with Crippen LogP contribution in [0.1, 0.15) is 43.6 Å². The van der Waals surface area contributed by atoms with E-state index in [2.05, 4.69) is 44.4 Å². The molecule has 0 fully saturated rings. The van der Waals surface area contributed by atoms with Crippen molar-refractivity contribution in [2.75, 3.05) is 55.0 Å². The summed E-state index contributed by atoms with van der Waals surface area (Å²) in [7, 11) is -7.71. The summed E-state index contributed by atoms with van der Waals surface area (Å²) < 4.78 is 77.2. The number of hydrogen-bond donors (Lipinski definition) is 6. The number of ether oxygens (including phenoxy) is 1. The number of nitrogens with zero attached hydrogens (tertiary/aromatic N) is 4. The maximum Gasteiger partial charge on any atom is 0.416 e. The molecule has 57 heavy (non-hydrogen) atoms. The average Bonchev–Trinajstić information content (AvgIpc) is 2.99. The summed E-state index contributed by atoms with van der Waals surface area (Å²) in [6.45, 7) is 8.31. The number of sulfonamides is 1. The van der Waals surface area contributed by atoms with E-state index in [1.807, 2.05) is 33.0 Å². The van der Waals surface area contributed by atoms with Gasteiger partial charge in [0.25, 0.3) is 11.6 Å². The first-order valence-electron chi connectivity index (χ1n) is 15.6. The van der Waals surface area contributed by atoms with Gasteiger partial charge in [0, 0.05) is 24.2 Å². The van der Waals surface area contributed by atoms with Crippen molar-refractivity contribution in [3.8, 4) is 11.5 Å². The summed E-state index contributed by atoms with van der Waals surface area (Å²) in [6.07, 6.45) is 1.94. The Morgan fingerprint density at radius 1 is 1.04 bits per heavy atom. The first-order valence-corrected chi connectivity index (χ1v) is 22.4. The number of nitro benzene ring substituents is 1. The molecule has 1 heterocycles. The molecule has 0 radical (unpaired) electrons. The molecule has 19 nitrogen and oxygen atoms in total. The molecule has 1 atom stereocenters. The molecule has 2 aromatic carbocycles. The molecule has 1 unspecified atom stereocenters. The number of carboxylic acids is 1. The number of benzene rings is 2. The maximum absolute atomic E-state index is 12.7. The van der Waals surface area contributed by atoms with Crippen LogP contribution in [-0.2, 0) is 36.5 Å². The molecule has 0 bridgehead atoms. The minimum atomic E-state index is -4.62. The number of amides is 1. The highest BCUT2D eigenvalue weighted by Gasteiger charge is 2.31. The van der Waals surface area contributed by atoms with Crippen molar-refractivity contribution >= 4 is 81.2 Å². The van der Waals surface area contributed by atoms with Gasteiger partial charge in [-0.1, -0.05) is 11.6 Å². The third-order valence-corrected chi connectivity index (χ3v) is 6.84. The van der Waals surface area contributed by atoms with Gasteiger partial charge in [-0.25, -0.2) is 13.1 Å². The van der Waals surface area contributed by atoms with Crippen molar-refractivity contribution in [2.45, 2.75) is 39.4 Å². The second-order valence-corrected chi connectivity index (χ2v) is 18.9. The van der Waals surface area contributed by atoms with Crippen LogP contribution in [0.2, 0.25) is 10.3 Å². The van der Waals surface area contributed by atoms with E-state index in [9.17, 15) is 50.8 Å². The van der Waals surface area contributed by atoms with Crippen LogP contribution in [0.5, 0.6) is 11.5 Å². The zero-order valence-electron chi connectivity index (χ0n) is 31.6. The topological polar surface area (TPSA) is 288 Å². The van der Waals surface area contributed by atoms with E-state index in [4.69, 9.17) is 37.9 Å². The van der Waals surface area contributed by atoms with E-state index < -0.39 is 75.3 Å². The molecule has 1 aromatic heterocycles. The van der Waals surface area contributed by atoms with Gasteiger partial charge in [0.1, 0.15) is 24.7 Å². The zero-order chi connectivity index (χ0) is 44.5. The Kier molecular flexibility index (Phi) is 21.7. The number of hydrogen-bond acceptors (Lipinski definition) is 15. The van der Waals surface area contributed by atoms with E-state index in [1.54, 1.807) is 4.72 Å². The molecular weight excluding hydrogens is 871 g/mol. The summed E-state index contributed by atoms with van der Waals surface area (Å²) >= 11 is 11.5. The number of nitro groups is 1. The number of anilines is 2. The van der Waals surface area contributed by atoms with Crippen molar-refractivity contribution in [1.29, 1.82) is 0 Å². The van der Waals surface area contributed by atoms with Gasteiger partial charge in [0.2, 0.25) is 27.2 Å². The van der Waals surface area contributed by atoms with Gasteiger partial charge < -0.3 is 34.8 Å². The van der Waals surface area contributed by atoms with Crippen LogP contribution in [0.3, 0.4) is 0 Å². The van der Waals surface area contributed by atoms with Crippen molar-refractivity contribution in [1.82, 2.24) is 25.0 Å². The van der Waals surface area contributed by atoms with Gasteiger partial charge in [-0.05, 0) is 74.5 Å². The molecule has 0 aliphatic heterocycles. The SMILES string of the molecule is CCNc1nc(Cl)nc(NC(C)(C)C)n1.CS(=O)(=O)NC(=O)c1cc(Oc2ccc(C(F)(F)F)cc2Cl)ccc1[N+](=O)[O-].C[S+](C)C.O=C(O)CNCP(=O)([O-])O. The van der Waals surface area contributed by atoms with Crippen LogP contribution < -0.4 is 30.3 Å². The number of alkyl halides is 3. The van der Waals surface area contributed by atoms with Gasteiger partial charge >= 0.3 is 12.1 Å². The Morgan fingerprint density at radius 3 is 2.04 bits per heavy atom. The number of halogens is 5. The summed E-state index contributed by atoms with van der Waals surface area (Å²) in [5, 5.41) is 26.9. The van der Waals surface area contributed by atoms with Crippen molar-refractivity contribution in [3.63, 3.8) is 0 Å². The standard InChI is InChI=1S/C15H10ClF3N2O6S.C9H16ClN5.C3H8NO5P.C3H9S/c1-28(25,26)20-14(22)10-7-9(3-4-12(10)21(23)24)27-13-5-2-8(6-11(13)16)15(17,18)19;1-5-11-7-12-6(10)13-8(14-7)15-9(2,3)4;5-3(6)1-4-2-10(7,8)9;1-4(2)3/h2-7H,1H3,(H,20,22);5H2,1-4H3,(H2,11,12,13,14,15);4H,1-2H2,(H,5,6)(H2,7,8,9);1-3H3/q;;;+1/p-1. The Bertz CT molecular complexity index is 1990. The second kappa shape index (κ2) is 23.4. The largest absolute Gasteiger partial charge is 0.778 e. The molecule has 3 rings (SSSR count). The monoisotopic (exact) mass is 912 g/mol. The van der Waals surface area contributed by atoms with Crippen LogP contribution in [0.25, 0.3) is 0 Å². The summed E-state index contributed by atoms with van der Waals surface area (Å²) in [5.74, 6) is -1.88. The molecule has 0 aliphatic rings. The predicted molar refractivity (Wildman–Crippen MR) is 210 cm³/mol. The Labute approximate surface area is 339 Å². The lowest BCUT2D eigenvalue weighted by Crippen LogP contribution is -2.29. The van der Waals surface area contributed by atoms with Gasteiger partial charge in [-0.3, -0.25) is 25.0 Å². The predicted octanol–water partition coefficient (Wildman–Crippen LogP) is 4.57. The normalized spacial score (nSPS) is 12.2. The molecular formula is C30H42Cl2F3N8O11PS2. The molecule has 27 heteroatoms. The van der Waals surface area contributed by atoms with E-state index in [0.29, 0.717) is 41.2 Å². The van der Waals surface area contributed by atoms with Crippen LogP contribution in [0, 0.1) is 10.1 Å². The molecule has 3 aromatic rings. The number of carbonyl (C=O) groups excluding carboxylic acids is 1.